The number of amides is 5. The number of aromatic nitrogens is 2. The summed E-state index contributed by atoms with van der Waals surface area (Å²) < 4.78 is 0. The van der Waals surface area contributed by atoms with E-state index in [0.29, 0.717) is 19.5 Å². The van der Waals surface area contributed by atoms with Crippen molar-refractivity contribution in [3.63, 3.8) is 0 Å². The van der Waals surface area contributed by atoms with Crippen LogP contribution in [0.3, 0.4) is 0 Å². The number of hydrogen-bond donors (Lipinski definition) is 3. The molecule has 0 spiro atoms. The number of piperidine rings is 1. The molecule has 0 bridgehead atoms. The highest BCUT2D eigenvalue weighted by Gasteiger charge is 2.39. The Hall–Kier alpha value is -3.24. The monoisotopic (exact) mass is 457 g/mol. The molecule has 4 rings (SSSR count). The molecule has 5 amide bonds. The van der Waals surface area contributed by atoms with Crippen molar-refractivity contribution >= 4 is 23.8 Å². The molecule has 0 aromatic carbocycles. The third-order valence-electron chi connectivity index (χ3n) is 6.55. The van der Waals surface area contributed by atoms with E-state index in [-0.39, 0.29) is 36.8 Å². The van der Waals surface area contributed by atoms with Crippen LogP contribution < -0.4 is 16.0 Å². The summed E-state index contributed by atoms with van der Waals surface area (Å²) in [5.74, 6) is -1.11. The molecule has 0 unspecified atom stereocenters. The van der Waals surface area contributed by atoms with Crippen molar-refractivity contribution in [2.45, 2.75) is 63.1 Å². The molecule has 0 radical (unpaired) electrons. The van der Waals surface area contributed by atoms with Crippen molar-refractivity contribution in [2.75, 3.05) is 26.2 Å². The van der Waals surface area contributed by atoms with Crippen LogP contribution >= 0.6 is 0 Å². The maximum atomic E-state index is 13.2. The van der Waals surface area contributed by atoms with E-state index in [9.17, 15) is 19.2 Å². The summed E-state index contributed by atoms with van der Waals surface area (Å²) >= 11 is 0. The standard InChI is InChI=1S/C22H31N7O4/c30-19-16(7-4-8-25-19)27-20(31)18-14-28(22(33)26-15-5-2-1-3-6-15)11-12-29(18)21(32)17-13-23-9-10-24-17/h9-10,13,15-16,18H,1-8,11-12,14H2,(H,25,30)(H,26,33)(H,27,31)/t16-,18+/m1/s1. The lowest BCUT2D eigenvalue weighted by atomic mass is 9.96. The third kappa shape index (κ3) is 5.58. The fraction of sp³-hybridized carbons (Fsp3) is 0.636. The van der Waals surface area contributed by atoms with Gasteiger partial charge in [0, 0.05) is 38.1 Å². The molecular weight excluding hydrogens is 426 g/mol. The lowest BCUT2D eigenvalue weighted by molar-refractivity contribution is -0.133. The number of carbonyl (C=O) groups is 4. The number of carbonyl (C=O) groups excluding carboxylic acids is 4. The highest BCUT2D eigenvalue weighted by Crippen LogP contribution is 2.19. The second-order valence-corrected chi connectivity index (χ2v) is 8.83. The van der Waals surface area contributed by atoms with E-state index in [4.69, 9.17) is 0 Å². The number of urea groups is 1. The molecule has 1 saturated carbocycles. The van der Waals surface area contributed by atoms with Crippen LogP contribution in [0.5, 0.6) is 0 Å². The van der Waals surface area contributed by atoms with Gasteiger partial charge in [-0.25, -0.2) is 9.78 Å². The van der Waals surface area contributed by atoms with E-state index >= 15 is 0 Å². The molecule has 178 valence electrons. The van der Waals surface area contributed by atoms with Crippen LogP contribution in [0, 0.1) is 0 Å². The fourth-order valence-corrected chi connectivity index (χ4v) is 4.68. The zero-order valence-electron chi connectivity index (χ0n) is 18.7. The number of hydrogen-bond acceptors (Lipinski definition) is 6. The van der Waals surface area contributed by atoms with Crippen molar-refractivity contribution in [3.05, 3.63) is 24.3 Å². The van der Waals surface area contributed by atoms with E-state index in [0.717, 1.165) is 32.1 Å². The Morgan fingerprint density at radius 3 is 2.55 bits per heavy atom. The molecule has 11 nitrogen and oxygen atoms in total. The second kappa shape index (κ2) is 10.6. The first-order chi connectivity index (χ1) is 16.0. The lowest BCUT2D eigenvalue weighted by Crippen LogP contribution is -2.64. The molecule has 2 aliphatic heterocycles. The zero-order chi connectivity index (χ0) is 23.2. The molecule has 3 aliphatic rings. The number of nitrogens with one attached hydrogen (secondary N) is 3. The quantitative estimate of drug-likeness (QED) is 0.584. The second-order valence-electron chi connectivity index (χ2n) is 8.83. The molecule has 2 atom stereocenters. The molecule has 2 saturated heterocycles. The Kier molecular flexibility index (Phi) is 7.36. The van der Waals surface area contributed by atoms with Crippen LogP contribution in [-0.4, -0.2) is 87.8 Å². The predicted octanol–water partition coefficient (Wildman–Crippen LogP) is 0.0401. The smallest absolute Gasteiger partial charge is 0.317 e. The molecule has 1 aromatic heterocycles. The fourth-order valence-electron chi connectivity index (χ4n) is 4.68. The minimum absolute atomic E-state index is 0.0464. The van der Waals surface area contributed by atoms with Gasteiger partial charge in [0.25, 0.3) is 5.91 Å². The van der Waals surface area contributed by atoms with Crippen LogP contribution in [0.15, 0.2) is 18.6 Å². The lowest BCUT2D eigenvalue weighted by Gasteiger charge is -2.41. The highest BCUT2D eigenvalue weighted by atomic mass is 16.2. The highest BCUT2D eigenvalue weighted by molar-refractivity contribution is 5.97. The van der Waals surface area contributed by atoms with E-state index in [1.807, 2.05) is 0 Å². The van der Waals surface area contributed by atoms with Gasteiger partial charge in [0.05, 0.1) is 12.7 Å². The van der Waals surface area contributed by atoms with Crippen LogP contribution in [0.4, 0.5) is 4.79 Å². The topological polar surface area (TPSA) is 137 Å². The summed E-state index contributed by atoms with van der Waals surface area (Å²) in [7, 11) is 0. The summed E-state index contributed by atoms with van der Waals surface area (Å²) in [6.45, 7) is 1.12. The molecule has 1 aliphatic carbocycles. The number of rotatable bonds is 4. The molecule has 33 heavy (non-hydrogen) atoms. The maximum Gasteiger partial charge on any atom is 0.317 e. The van der Waals surface area contributed by atoms with Gasteiger partial charge in [-0.05, 0) is 25.7 Å². The van der Waals surface area contributed by atoms with Crippen molar-refractivity contribution in [2.24, 2.45) is 0 Å². The van der Waals surface area contributed by atoms with E-state index in [2.05, 4.69) is 25.9 Å². The van der Waals surface area contributed by atoms with Crippen LogP contribution in [0.25, 0.3) is 0 Å². The first-order valence-electron chi connectivity index (χ1n) is 11.7. The normalized spacial score (nSPS) is 24.1. The summed E-state index contributed by atoms with van der Waals surface area (Å²) in [5, 5.41) is 8.60. The Bertz CT molecular complexity index is 875. The van der Waals surface area contributed by atoms with Crippen molar-refractivity contribution in [1.29, 1.82) is 0 Å². The van der Waals surface area contributed by atoms with Gasteiger partial charge in [-0.15, -0.1) is 0 Å². The number of piperazine rings is 1. The Balaban J connectivity index is 1.48. The Morgan fingerprint density at radius 1 is 1.00 bits per heavy atom. The van der Waals surface area contributed by atoms with Gasteiger partial charge in [-0.3, -0.25) is 19.4 Å². The zero-order valence-corrected chi connectivity index (χ0v) is 18.7. The molecule has 3 fully saturated rings. The van der Waals surface area contributed by atoms with E-state index < -0.39 is 23.9 Å². The van der Waals surface area contributed by atoms with Gasteiger partial charge in [-0.1, -0.05) is 19.3 Å². The Labute approximate surface area is 192 Å². The summed E-state index contributed by atoms with van der Waals surface area (Å²) in [6.07, 6.45) is 10.8. The van der Waals surface area contributed by atoms with Crippen molar-refractivity contribution in [3.8, 4) is 0 Å². The largest absolute Gasteiger partial charge is 0.354 e. The van der Waals surface area contributed by atoms with E-state index in [1.54, 1.807) is 4.90 Å². The summed E-state index contributed by atoms with van der Waals surface area (Å²) in [4.78, 5) is 62.4. The van der Waals surface area contributed by atoms with E-state index in [1.165, 1.54) is 29.9 Å². The minimum atomic E-state index is -0.930. The third-order valence-corrected chi connectivity index (χ3v) is 6.55. The minimum Gasteiger partial charge on any atom is -0.354 e. The van der Waals surface area contributed by atoms with Gasteiger partial charge in [0.1, 0.15) is 17.8 Å². The predicted molar refractivity (Wildman–Crippen MR) is 118 cm³/mol. The SMILES string of the molecule is O=C1NCCC[C@H]1NC(=O)[C@@H]1CN(C(=O)NC2CCCCC2)CCN1C(=O)c1cnccn1. The first-order valence-corrected chi connectivity index (χ1v) is 11.7. The molecule has 3 N–H and O–H groups in total. The molecular formula is C22H31N7O4. The average Bonchev–Trinajstić information content (AvgIpc) is 2.85. The van der Waals surface area contributed by atoms with Gasteiger partial charge in [0.15, 0.2) is 0 Å². The van der Waals surface area contributed by atoms with Gasteiger partial charge < -0.3 is 25.8 Å². The van der Waals surface area contributed by atoms with Gasteiger partial charge in [-0.2, -0.15) is 0 Å². The van der Waals surface area contributed by atoms with Crippen molar-refractivity contribution in [1.82, 2.24) is 35.7 Å². The first kappa shape index (κ1) is 22.9. The molecule has 11 heteroatoms. The summed E-state index contributed by atoms with van der Waals surface area (Å²) in [6, 6.07) is -1.66. The average molecular weight is 458 g/mol. The Morgan fingerprint density at radius 2 is 1.82 bits per heavy atom. The maximum absolute atomic E-state index is 13.2. The van der Waals surface area contributed by atoms with Crippen molar-refractivity contribution < 1.29 is 19.2 Å². The van der Waals surface area contributed by atoms with Gasteiger partial charge in [0.2, 0.25) is 11.8 Å². The number of nitrogens with zero attached hydrogens (tertiary/aromatic N) is 4. The summed E-state index contributed by atoms with van der Waals surface area (Å²) in [5.41, 5.74) is 0.130. The molecule has 1 aromatic rings. The van der Waals surface area contributed by atoms with Crippen LogP contribution in [0.1, 0.15) is 55.4 Å². The van der Waals surface area contributed by atoms with Crippen LogP contribution in [0.2, 0.25) is 0 Å². The molecule has 3 heterocycles. The van der Waals surface area contributed by atoms with Crippen LogP contribution in [-0.2, 0) is 9.59 Å². The van der Waals surface area contributed by atoms with Gasteiger partial charge >= 0.3 is 6.03 Å².